The summed E-state index contributed by atoms with van der Waals surface area (Å²) >= 11 is 6.28. The maximum absolute atomic E-state index is 14.1. The zero-order valence-electron chi connectivity index (χ0n) is 12.8. The van der Waals surface area contributed by atoms with Crippen molar-refractivity contribution in [2.75, 3.05) is 0 Å². The lowest BCUT2D eigenvalue weighted by molar-refractivity contribution is 0.640. The summed E-state index contributed by atoms with van der Waals surface area (Å²) in [4.78, 5) is 0. The first-order chi connectivity index (χ1) is 12.2. The van der Waals surface area contributed by atoms with Crippen LogP contribution in [0, 0.1) is 17.1 Å². The Balaban J connectivity index is 1.96. The Morgan fingerprint density at radius 3 is 2.56 bits per heavy atom. The number of nitrogens with zero attached hydrogens (tertiary/aromatic N) is 3. The molecule has 0 aliphatic carbocycles. The van der Waals surface area contributed by atoms with E-state index in [1.54, 1.807) is 30.3 Å². The molecule has 0 aliphatic heterocycles. The van der Waals surface area contributed by atoms with Crippen molar-refractivity contribution in [3.05, 3.63) is 71.1 Å². The molecule has 0 saturated heterocycles. The summed E-state index contributed by atoms with van der Waals surface area (Å²) < 4.78 is 14.1. The number of fused-ring (bicyclic) bond motifs is 1. The van der Waals surface area contributed by atoms with Crippen LogP contribution in [0.25, 0.3) is 33.2 Å². The molecule has 0 atom stereocenters. The first kappa shape index (κ1) is 15.3. The van der Waals surface area contributed by atoms with Crippen molar-refractivity contribution in [3.63, 3.8) is 0 Å². The van der Waals surface area contributed by atoms with Crippen LogP contribution in [0.2, 0.25) is 5.02 Å². The lowest BCUT2D eigenvalue weighted by Gasteiger charge is -2.10. The first-order valence-electron chi connectivity index (χ1n) is 7.47. The number of H-pyrrole nitrogens is 1. The molecule has 6 heteroatoms. The Morgan fingerprint density at radius 2 is 1.76 bits per heavy atom. The summed E-state index contributed by atoms with van der Waals surface area (Å²) in [6.45, 7) is 0. The van der Waals surface area contributed by atoms with Gasteiger partial charge in [0.15, 0.2) is 5.69 Å². The predicted octanol–water partition coefficient (Wildman–Crippen LogP) is 4.96. The van der Waals surface area contributed by atoms with Gasteiger partial charge in [-0.25, -0.2) is 9.49 Å². The van der Waals surface area contributed by atoms with Crippen molar-refractivity contribution in [1.29, 1.82) is 5.26 Å². The number of halogens is 2. The van der Waals surface area contributed by atoms with Gasteiger partial charge in [-0.05, 0) is 40.8 Å². The summed E-state index contributed by atoms with van der Waals surface area (Å²) in [6.07, 6.45) is 0. The molecular formula is C19H10ClFN4. The molecule has 1 heterocycles. The fourth-order valence-corrected chi connectivity index (χ4v) is 3.14. The average molecular weight is 349 g/mol. The summed E-state index contributed by atoms with van der Waals surface area (Å²) in [6, 6.07) is 17.8. The molecule has 0 amide bonds. The van der Waals surface area contributed by atoms with Crippen LogP contribution in [0.5, 0.6) is 0 Å². The Kier molecular flexibility index (Phi) is 3.68. The average Bonchev–Trinajstić information content (AvgIpc) is 3.10. The second kappa shape index (κ2) is 6.00. The van der Waals surface area contributed by atoms with E-state index >= 15 is 0 Å². The number of hydrogen-bond donors (Lipinski definition) is 1. The minimum atomic E-state index is -0.273. The molecule has 0 saturated carbocycles. The van der Waals surface area contributed by atoms with Crippen LogP contribution in [-0.4, -0.2) is 15.4 Å². The Labute approximate surface area is 147 Å². The van der Waals surface area contributed by atoms with Gasteiger partial charge < -0.3 is 0 Å². The van der Waals surface area contributed by atoms with Gasteiger partial charge in [-0.1, -0.05) is 47.1 Å². The highest BCUT2D eigenvalue weighted by atomic mass is 35.5. The van der Waals surface area contributed by atoms with Gasteiger partial charge >= 0.3 is 0 Å². The normalized spacial score (nSPS) is 10.8. The molecular weight excluding hydrogens is 339 g/mol. The summed E-state index contributed by atoms with van der Waals surface area (Å²) in [5, 5.41) is 21.2. The van der Waals surface area contributed by atoms with Crippen molar-refractivity contribution < 1.29 is 4.39 Å². The number of aromatic amines is 1. The standard InChI is InChI=1S/C19H10ClFN4/c20-13-8-11(7-12(9-13)19-18(10-22)23-25-24-19)14-5-6-17(21)16-4-2-1-3-15(14)16/h1-9H,(H,23,24,25). The van der Waals surface area contributed by atoms with Crippen LogP contribution in [0.1, 0.15) is 5.69 Å². The minimum Gasteiger partial charge on any atom is -0.247 e. The molecule has 1 aromatic heterocycles. The third-order valence-corrected chi connectivity index (χ3v) is 4.23. The zero-order valence-corrected chi connectivity index (χ0v) is 13.5. The van der Waals surface area contributed by atoms with Gasteiger partial charge in [0.1, 0.15) is 17.6 Å². The Hall–Kier alpha value is -3.23. The van der Waals surface area contributed by atoms with Crippen molar-refractivity contribution >= 4 is 22.4 Å². The molecule has 1 N–H and O–H groups in total. The van der Waals surface area contributed by atoms with Crippen molar-refractivity contribution in [1.82, 2.24) is 15.4 Å². The topological polar surface area (TPSA) is 65.4 Å². The third-order valence-electron chi connectivity index (χ3n) is 4.01. The number of aromatic nitrogens is 3. The maximum Gasteiger partial charge on any atom is 0.163 e. The number of hydrogen-bond acceptors (Lipinski definition) is 3. The van der Waals surface area contributed by atoms with Crippen LogP contribution in [0.15, 0.2) is 54.6 Å². The smallest absolute Gasteiger partial charge is 0.163 e. The van der Waals surface area contributed by atoms with E-state index in [-0.39, 0.29) is 11.5 Å². The van der Waals surface area contributed by atoms with Gasteiger partial charge in [-0.3, -0.25) is 0 Å². The van der Waals surface area contributed by atoms with E-state index in [0.717, 1.165) is 16.5 Å². The Morgan fingerprint density at radius 1 is 1.00 bits per heavy atom. The van der Waals surface area contributed by atoms with Crippen LogP contribution in [0.4, 0.5) is 4.39 Å². The Bertz CT molecular complexity index is 1140. The van der Waals surface area contributed by atoms with E-state index in [0.29, 0.717) is 21.7 Å². The van der Waals surface area contributed by atoms with Crippen LogP contribution >= 0.6 is 11.6 Å². The largest absolute Gasteiger partial charge is 0.247 e. The van der Waals surface area contributed by atoms with Crippen molar-refractivity contribution in [2.24, 2.45) is 0 Å². The van der Waals surface area contributed by atoms with Crippen LogP contribution in [0.3, 0.4) is 0 Å². The fraction of sp³-hybridized carbons (Fsp3) is 0. The number of nitriles is 1. The molecule has 0 unspecified atom stereocenters. The lowest BCUT2D eigenvalue weighted by atomic mass is 9.96. The quantitative estimate of drug-likeness (QED) is 0.557. The second-order valence-electron chi connectivity index (χ2n) is 5.52. The molecule has 0 fully saturated rings. The predicted molar refractivity (Wildman–Crippen MR) is 94.4 cm³/mol. The van der Waals surface area contributed by atoms with Crippen molar-refractivity contribution in [2.45, 2.75) is 0 Å². The van der Waals surface area contributed by atoms with E-state index in [1.807, 2.05) is 24.3 Å². The molecule has 0 aliphatic rings. The SMILES string of the molecule is N#Cc1[nH]nnc1-c1cc(Cl)cc(-c2ccc(F)c3ccccc23)c1. The summed E-state index contributed by atoms with van der Waals surface area (Å²) in [7, 11) is 0. The molecule has 0 spiro atoms. The second-order valence-corrected chi connectivity index (χ2v) is 5.95. The van der Waals surface area contributed by atoms with E-state index in [2.05, 4.69) is 15.4 Å². The number of rotatable bonds is 2. The fourth-order valence-electron chi connectivity index (χ4n) is 2.90. The first-order valence-corrected chi connectivity index (χ1v) is 7.85. The molecule has 4 aromatic rings. The third kappa shape index (κ3) is 2.63. The number of benzene rings is 3. The van der Waals surface area contributed by atoms with Gasteiger partial charge in [0.25, 0.3) is 0 Å². The molecule has 120 valence electrons. The minimum absolute atomic E-state index is 0.261. The molecule has 4 rings (SSSR count). The van der Waals surface area contributed by atoms with Gasteiger partial charge in [-0.15, -0.1) is 5.10 Å². The van der Waals surface area contributed by atoms with E-state index in [9.17, 15) is 4.39 Å². The molecule has 0 radical (unpaired) electrons. The highest BCUT2D eigenvalue weighted by Gasteiger charge is 2.13. The molecule has 4 nitrogen and oxygen atoms in total. The monoisotopic (exact) mass is 348 g/mol. The van der Waals surface area contributed by atoms with Crippen LogP contribution < -0.4 is 0 Å². The van der Waals surface area contributed by atoms with Gasteiger partial charge in [0, 0.05) is 16.0 Å². The molecule has 0 bridgehead atoms. The van der Waals surface area contributed by atoms with Crippen molar-refractivity contribution in [3.8, 4) is 28.5 Å². The van der Waals surface area contributed by atoms with E-state index in [1.165, 1.54) is 6.07 Å². The van der Waals surface area contributed by atoms with E-state index in [4.69, 9.17) is 16.9 Å². The van der Waals surface area contributed by atoms with Gasteiger partial charge in [-0.2, -0.15) is 5.26 Å². The highest BCUT2D eigenvalue weighted by Crippen LogP contribution is 2.34. The lowest BCUT2D eigenvalue weighted by Crippen LogP contribution is -1.88. The highest BCUT2D eigenvalue weighted by molar-refractivity contribution is 6.31. The van der Waals surface area contributed by atoms with Gasteiger partial charge in [0.2, 0.25) is 0 Å². The summed E-state index contributed by atoms with van der Waals surface area (Å²) in [5.74, 6) is -0.273. The maximum atomic E-state index is 14.1. The van der Waals surface area contributed by atoms with Crippen LogP contribution in [-0.2, 0) is 0 Å². The number of nitrogens with one attached hydrogen (secondary N) is 1. The van der Waals surface area contributed by atoms with Gasteiger partial charge in [0.05, 0.1) is 0 Å². The molecule has 25 heavy (non-hydrogen) atoms. The molecule has 3 aromatic carbocycles. The summed E-state index contributed by atoms with van der Waals surface area (Å²) in [5.41, 5.74) is 3.02. The zero-order chi connectivity index (χ0) is 17.4. The van der Waals surface area contributed by atoms with E-state index < -0.39 is 0 Å².